The summed E-state index contributed by atoms with van der Waals surface area (Å²) in [5, 5.41) is 11.0. The fourth-order valence-corrected chi connectivity index (χ4v) is 2.82. The first kappa shape index (κ1) is 17.7. The van der Waals surface area contributed by atoms with Crippen LogP contribution in [0.1, 0.15) is 24.8 Å². The first-order valence-corrected chi connectivity index (χ1v) is 8.73. The summed E-state index contributed by atoms with van der Waals surface area (Å²) in [7, 11) is 0. The van der Waals surface area contributed by atoms with Gasteiger partial charge in [-0.2, -0.15) is 0 Å². The van der Waals surface area contributed by atoms with E-state index in [1.54, 1.807) is 24.5 Å². The van der Waals surface area contributed by atoms with Crippen LogP contribution in [0.5, 0.6) is 5.75 Å². The lowest BCUT2D eigenvalue weighted by atomic mass is 10.1. The number of nitro benzene ring substituents is 1. The molecule has 2 aromatic carbocycles. The van der Waals surface area contributed by atoms with Crippen LogP contribution in [-0.4, -0.2) is 11.5 Å². The van der Waals surface area contributed by atoms with Gasteiger partial charge in [-0.1, -0.05) is 30.3 Å². The summed E-state index contributed by atoms with van der Waals surface area (Å²) < 4.78 is 11.3. The number of furan rings is 1. The molecule has 0 aliphatic heterocycles. The maximum atomic E-state index is 11.0. The number of aryl methyl sites for hydroxylation is 1. The van der Waals surface area contributed by atoms with Crippen molar-refractivity contribution in [3.63, 3.8) is 0 Å². The van der Waals surface area contributed by atoms with Crippen molar-refractivity contribution in [2.45, 2.75) is 25.7 Å². The fourth-order valence-electron chi connectivity index (χ4n) is 2.82. The lowest BCUT2D eigenvalue weighted by Gasteiger charge is -2.10. The van der Waals surface area contributed by atoms with Crippen LogP contribution in [0.3, 0.4) is 0 Å². The van der Waals surface area contributed by atoms with Gasteiger partial charge in [0.25, 0.3) is 5.69 Å². The molecule has 3 rings (SSSR count). The minimum absolute atomic E-state index is 0.0200. The third kappa shape index (κ3) is 4.72. The SMILES string of the molecule is O=[N+]([O-])c1ccc(OCCCCCc2ccccc2)c(-c2ccco2)c1. The van der Waals surface area contributed by atoms with Gasteiger partial charge in [-0.15, -0.1) is 0 Å². The number of rotatable bonds is 9. The predicted octanol–water partition coefficient (Wildman–Crippen LogP) is 5.65. The molecule has 0 aliphatic rings. The molecule has 1 heterocycles. The summed E-state index contributed by atoms with van der Waals surface area (Å²) >= 11 is 0. The normalized spacial score (nSPS) is 10.6. The number of benzene rings is 2. The Morgan fingerprint density at radius 2 is 1.81 bits per heavy atom. The van der Waals surface area contributed by atoms with Crippen LogP contribution in [0.25, 0.3) is 11.3 Å². The van der Waals surface area contributed by atoms with Crippen molar-refractivity contribution >= 4 is 5.69 Å². The Morgan fingerprint density at radius 1 is 0.962 bits per heavy atom. The predicted molar refractivity (Wildman–Crippen MR) is 100 cm³/mol. The van der Waals surface area contributed by atoms with Crippen LogP contribution in [0, 0.1) is 10.1 Å². The molecule has 0 fully saturated rings. The van der Waals surface area contributed by atoms with E-state index in [2.05, 4.69) is 24.3 Å². The maximum absolute atomic E-state index is 11.0. The van der Waals surface area contributed by atoms with Crippen molar-refractivity contribution in [1.29, 1.82) is 0 Å². The van der Waals surface area contributed by atoms with Crippen LogP contribution in [0.4, 0.5) is 5.69 Å². The van der Waals surface area contributed by atoms with Crippen molar-refractivity contribution in [3.05, 3.63) is 82.6 Å². The zero-order valence-electron chi connectivity index (χ0n) is 14.5. The smallest absolute Gasteiger partial charge is 0.270 e. The van der Waals surface area contributed by atoms with Gasteiger partial charge in [0.1, 0.15) is 11.5 Å². The highest BCUT2D eigenvalue weighted by molar-refractivity contribution is 5.68. The van der Waals surface area contributed by atoms with Gasteiger partial charge in [0.2, 0.25) is 0 Å². The molecule has 0 radical (unpaired) electrons. The van der Waals surface area contributed by atoms with E-state index in [0.29, 0.717) is 23.7 Å². The topological polar surface area (TPSA) is 65.5 Å². The molecule has 0 bridgehead atoms. The molecule has 1 aromatic heterocycles. The van der Waals surface area contributed by atoms with Gasteiger partial charge in [-0.3, -0.25) is 10.1 Å². The number of ether oxygens (including phenoxy) is 1. The number of non-ortho nitro benzene ring substituents is 1. The third-order valence-electron chi connectivity index (χ3n) is 4.17. The molecule has 3 aromatic rings. The lowest BCUT2D eigenvalue weighted by molar-refractivity contribution is -0.384. The van der Waals surface area contributed by atoms with Gasteiger partial charge in [0.05, 0.1) is 23.4 Å². The Balaban J connectivity index is 1.53. The Bertz CT molecular complexity index is 828. The Kier molecular flexibility index (Phi) is 6.04. The Labute approximate surface area is 152 Å². The molecule has 0 saturated heterocycles. The summed E-state index contributed by atoms with van der Waals surface area (Å²) in [6, 6.07) is 18.5. The molecular formula is C21H21NO4. The van der Waals surface area contributed by atoms with Gasteiger partial charge in [0.15, 0.2) is 0 Å². The standard InChI is InChI=1S/C21H21NO4/c23-22(24)18-12-13-21(19(16-18)20-11-7-15-26-20)25-14-6-2-5-10-17-8-3-1-4-9-17/h1,3-4,7-9,11-13,15-16H,2,5-6,10,14H2. The fraction of sp³-hybridized carbons (Fsp3) is 0.238. The van der Waals surface area contributed by atoms with Crippen molar-refractivity contribution in [3.8, 4) is 17.1 Å². The largest absolute Gasteiger partial charge is 0.493 e. The molecule has 0 N–H and O–H groups in total. The summed E-state index contributed by atoms with van der Waals surface area (Å²) in [6.07, 6.45) is 5.72. The molecule has 0 atom stereocenters. The molecule has 26 heavy (non-hydrogen) atoms. The minimum atomic E-state index is -0.417. The Morgan fingerprint density at radius 3 is 2.54 bits per heavy atom. The second kappa shape index (κ2) is 8.85. The number of nitro groups is 1. The van der Waals surface area contributed by atoms with E-state index in [1.807, 2.05) is 6.07 Å². The lowest BCUT2D eigenvalue weighted by Crippen LogP contribution is -2.00. The molecular weight excluding hydrogens is 330 g/mol. The van der Waals surface area contributed by atoms with Crippen molar-refractivity contribution < 1.29 is 14.1 Å². The second-order valence-corrected chi connectivity index (χ2v) is 6.06. The van der Waals surface area contributed by atoms with Gasteiger partial charge in [-0.25, -0.2) is 0 Å². The number of nitrogens with zero attached hydrogens (tertiary/aromatic N) is 1. The van der Waals surface area contributed by atoms with E-state index in [-0.39, 0.29) is 5.69 Å². The number of unbranched alkanes of at least 4 members (excludes halogenated alkanes) is 2. The molecule has 5 nitrogen and oxygen atoms in total. The summed E-state index contributed by atoms with van der Waals surface area (Å²) in [4.78, 5) is 10.6. The van der Waals surface area contributed by atoms with Gasteiger partial charge < -0.3 is 9.15 Å². The van der Waals surface area contributed by atoms with Crippen LogP contribution in [-0.2, 0) is 6.42 Å². The van der Waals surface area contributed by atoms with Crippen LogP contribution >= 0.6 is 0 Å². The van der Waals surface area contributed by atoms with E-state index < -0.39 is 4.92 Å². The van der Waals surface area contributed by atoms with E-state index in [9.17, 15) is 10.1 Å². The average Bonchev–Trinajstić information content (AvgIpc) is 3.20. The third-order valence-corrected chi connectivity index (χ3v) is 4.17. The monoisotopic (exact) mass is 351 g/mol. The summed E-state index contributed by atoms with van der Waals surface area (Å²) in [6.45, 7) is 0.570. The van der Waals surface area contributed by atoms with Crippen LogP contribution < -0.4 is 4.74 Å². The second-order valence-electron chi connectivity index (χ2n) is 6.06. The quantitative estimate of drug-likeness (QED) is 0.284. The van der Waals surface area contributed by atoms with Crippen molar-refractivity contribution in [2.75, 3.05) is 6.61 Å². The molecule has 0 spiro atoms. The average molecular weight is 351 g/mol. The zero-order chi connectivity index (χ0) is 18.2. The van der Waals surface area contributed by atoms with Crippen molar-refractivity contribution in [1.82, 2.24) is 0 Å². The highest BCUT2D eigenvalue weighted by Gasteiger charge is 2.15. The highest BCUT2D eigenvalue weighted by Crippen LogP contribution is 2.33. The van der Waals surface area contributed by atoms with E-state index in [0.717, 1.165) is 25.7 Å². The maximum Gasteiger partial charge on any atom is 0.270 e. The molecule has 0 amide bonds. The van der Waals surface area contributed by atoms with Gasteiger partial charge in [-0.05, 0) is 49.4 Å². The van der Waals surface area contributed by atoms with Crippen molar-refractivity contribution in [2.24, 2.45) is 0 Å². The first-order valence-electron chi connectivity index (χ1n) is 8.73. The summed E-state index contributed by atoms with van der Waals surface area (Å²) in [5.41, 5.74) is 1.98. The molecule has 134 valence electrons. The molecule has 5 heteroatoms. The number of hydrogen-bond donors (Lipinski definition) is 0. The van der Waals surface area contributed by atoms with Crippen LogP contribution in [0.2, 0.25) is 0 Å². The Hall–Kier alpha value is -3.08. The first-order chi connectivity index (χ1) is 12.7. The van der Waals surface area contributed by atoms with E-state index in [1.165, 1.54) is 17.7 Å². The van der Waals surface area contributed by atoms with Gasteiger partial charge >= 0.3 is 0 Å². The van der Waals surface area contributed by atoms with E-state index >= 15 is 0 Å². The number of hydrogen-bond acceptors (Lipinski definition) is 4. The molecule has 0 saturated carbocycles. The summed E-state index contributed by atoms with van der Waals surface area (Å²) in [5.74, 6) is 1.17. The van der Waals surface area contributed by atoms with E-state index in [4.69, 9.17) is 9.15 Å². The highest BCUT2D eigenvalue weighted by atomic mass is 16.6. The zero-order valence-corrected chi connectivity index (χ0v) is 14.5. The minimum Gasteiger partial charge on any atom is -0.493 e. The van der Waals surface area contributed by atoms with Gasteiger partial charge in [0, 0.05) is 12.1 Å². The van der Waals surface area contributed by atoms with Crippen LogP contribution in [0.15, 0.2) is 71.3 Å². The molecule has 0 aliphatic carbocycles. The molecule has 0 unspecified atom stereocenters.